The van der Waals surface area contributed by atoms with E-state index in [2.05, 4.69) is 6.92 Å². The summed E-state index contributed by atoms with van der Waals surface area (Å²) in [5.41, 5.74) is 0.546. The van der Waals surface area contributed by atoms with Gasteiger partial charge in [-0.3, -0.25) is 19.2 Å². The molecule has 172 valence electrons. The maximum Gasteiger partial charge on any atom is 0.273 e. The second kappa shape index (κ2) is 9.27. The average Bonchev–Trinajstić information content (AvgIpc) is 3.04. The predicted octanol–water partition coefficient (Wildman–Crippen LogP) is 5.04. The maximum atomic E-state index is 13.6. The van der Waals surface area contributed by atoms with Crippen molar-refractivity contribution in [2.24, 2.45) is 17.8 Å². The van der Waals surface area contributed by atoms with Crippen LogP contribution in [0.25, 0.3) is 0 Å². The quantitative estimate of drug-likeness (QED) is 0.438. The number of hydrazine groups is 1. The molecule has 1 saturated heterocycles. The Balaban J connectivity index is 1.74. The fourth-order valence-corrected chi connectivity index (χ4v) is 4.97. The number of halogens is 2. The molecule has 8 heteroatoms. The van der Waals surface area contributed by atoms with Gasteiger partial charge in [-0.2, -0.15) is 5.01 Å². The number of ketones is 1. The van der Waals surface area contributed by atoms with Gasteiger partial charge in [-0.25, -0.2) is 5.01 Å². The molecule has 6 nitrogen and oxygen atoms in total. The molecule has 1 saturated carbocycles. The molecule has 3 amide bonds. The average molecular weight is 487 g/mol. The Hall–Kier alpha value is -2.70. The van der Waals surface area contributed by atoms with Crippen LogP contribution in [0.2, 0.25) is 10.0 Å². The number of imide groups is 1. The van der Waals surface area contributed by atoms with Gasteiger partial charge >= 0.3 is 0 Å². The number of Topliss-reactive ketones (excluding diaryl/α,β-unsaturated/α-hetero) is 1. The highest BCUT2D eigenvalue weighted by Crippen LogP contribution is 2.41. The van der Waals surface area contributed by atoms with E-state index in [9.17, 15) is 19.2 Å². The number of carbonyl (C=O) groups excluding carboxylic acids is 4. The number of hydrogen-bond acceptors (Lipinski definition) is 4. The van der Waals surface area contributed by atoms with Crippen LogP contribution in [0.15, 0.2) is 48.5 Å². The summed E-state index contributed by atoms with van der Waals surface area (Å²) in [6, 6.07) is 11.3. The minimum Gasteiger partial charge on any atom is -0.292 e. The number of carbonyl (C=O) groups is 4. The third-order valence-corrected chi connectivity index (χ3v) is 7.06. The number of nitrogens with zero attached hydrogens (tertiary/aromatic N) is 2. The van der Waals surface area contributed by atoms with Gasteiger partial charge in [-0.05, 0) is 80.6 Å². The first-order valence-electron chi connectivity index (χ1n) is 11.0. The van der Waals surface area contributed by atoms with Crippen molar-refractivity contribution in [1.29, 1.82) is 0 Å². The van der Waals surface area contributed by atoms with E-state index in [1.54, 1.807) is 36.4 Å². The van der Waals surface area contributed by atoms with Crippen LogP contribution in [-0.2, 0) is 9.59 Å². The highest BCUT2D eigenvalue weighted by molar-refractivity contribution is 6.31. The van der Waals surface area contributed by atoms with Gasteiger partial charge < -0.3 is 0 Å². The van der Waals surface area contributed by atoms with Crippen LogP contribution < -0.4 is 0 Å². The number of amides is 3. The summed E-state index contributed by atoms with van der Waals surface area (Å²) in [4.78, 5) is 53.7. The van der Waals surface area contributed by atoms with E-state index in [-0.39, 0.29) is 5.56 Å². The maximum absolute atomic E-state index is 13.6. The molecule has 2 fully saturated rings. The molecule has 2 aliphatic rings. The summed E-state index contributed by atoms with van der Waals surface area (Å²) >= 11 is 11.9. The van der Waals surface area contributed by atoms with Gasteiger partial charge in [0.15, 0.2) is 5.78 Å². The molecule has 0 bridgehead atoms. The molecule has 0 aromatic heterocycles. The molecule has 0 N–H and O–H groups in total. The summed E-state index contributed by atoms with van der Waals surface area (Å²) in [6.07, 6.45) is 2.03. The second-order valence-corrected chi connectivity index (χ2v) is 9.70. The monoisotopic (exact) mass is 486 g/mol. The topological polar surface area (TPSA) is 74.8 Å². The molecule has 2 aromatic carbocycles. The van der Waals surface area contributed by atoms with Crippen LogP contribution in [0.4, 0.5) is 0 Å². The van der Waals surface area contributed by atoms with Crippen LogP contribution >= 0.6 is 23.2 Å². The summed E-state index contributed by atoms with van der Waals surface area (Å²) < 4.78 is 0. The fourth-order valence-electron chi connectivity index (χ4n) is 4.72. The van der Waals surface area contributed by atoms with E-state index in [1.165, 1.54) is 19.1 Å². The minimum absolute atomic E-state index is 0.221. The Bertz CT molecular complexity index is 1100. The van der Waals surface area contributed by atoms with Gasteiger partial charge in [0.1, 0.15) is 6.04 Å². The molecule has 1 heterocycles. The predicted molar refractivity (Wildman–Crippen MR) is 125 cm³/mol. The van der Waals surface area contributed by atoms with E-state index in [1.807, 2.05) is 0 Å². The van der Waals surface area contributed by atoms with E-state index < -0.39 is 41.4 Å². The van der Waals surface area contributed by atoms with Crippen LogP contribution in [0.1, 0.15) is 53.8 Å². The van der Waals surface area contributed by atoms with Gasteiger partial charge in [0, 0.05) is 21.2 Å². The molecule has 0 unspecified atom stereocenters. The van der Waals surface area contributed by atoms with Crippen molar-refractivity contribution in [2.75, 3.05) is 0 Å². The molecule has 1 aliphatic carbocycles. The Morgan fingerprint density at radius 1 is 0.879 bits per heavy atom. The van der Waals surface area contributed by atoms with Gasteiger partial charge in [0.25, 0.3) is 17.7 Å². The van der Waals surface area contributed by atoms with Crippen LogP contribution in [-0.4, -0.2) is 39.6 Å². The second-order valence-electron chi connectivity index (χ2n) is 8.82. The number of rotatable bonds is 5. The van der Waals surface area contributed by atoms with Crippen molar-refractivity contribution < 1.29 is 19.2 Å². The van der Waals surface area contributed by atoms with Gasteiger partial charge in [0.05, 0.1) is 11.8 Å². The zero-order chi connectivity index (χ0) is 23.9. The lowest BCUT2D eigenvalue weighted by molar-refractivity contribution is -0.156. The normalized spacial score (nSPS) is 23.3. The highest BCUT2D eigenvalue weighted by Gasteiger charge is 2.54. The lowest BCUT2D eigenvalue weighted by Crippen LogP contribution is -2.56. The summed E-state index contributed by atoms with van der Waals surface area (Å²) in [6.45, 7) is 3.58. The van der Waals surface area contributed by atoms with Gasteiger partial charge in [0.2, 0.25) is 0 Å². The molecule has 0 spiro atoms. The van der Waals surface area contributed by atoms with Crippen molar-refractivity contribution in [3.63, 3.8) is 0 Å². The third-order valence-electron chi connectivity index (χ3n) is 6.55. The van der Waals surface area contributed by atoms with E-state index in [4.69, 9.17) is 23.2 Å². The van der Waals surface area contributed by atoms with E-state index in [0.29, 0.717) is 34.4 Å². The fraction of sp³-hybridized carbons (Fsp3) is 0.360. The summed E-state index contributed by atoms with van der Waals surface area (Å²) in [7, 11) is 0. The minimum atomic E-state index is -1.10. The van der Waals surface area contributed by atoms with Gasteiger partial charge in [-0.1, -0.05) is 30.1 Å². The lowest BCUT2D eigenvalue weighted by atomic mass is 9.76. The van der Waals surface area contributed by atoms with E-state index >= 15 is 0 Å². The third kappa shape index (κ3) is 4.42. The Labute approximate surface area is 202 Å². The van der Waals surface area contributed by atoms with Crippen molar-refractivity contribution in [1.82, 2.24) is 10.0 Å². The van der Waals surface area contributed by atoms with Crippen molar-refractivity contribution in [3.05, 3.63) is 69.7 Å². The highest BCUT2D eigenvalue weighted by atomic mass is 35.5. The standard InChI is InChI=1S/C25H24Cl2N2O4/c1-14-3-12-20-21(13-14)25(33)29(24(20)32)28(23(31)17-6-10-19(27)11-7-17)15(2)22(30)16-4-8-18(26)9-5-16/h4-11,14-15,20-21H,3,12-13H2,1-2H3/t14-,15+,20+,21-/m1/s1. The lowest BCUT2D eigenvalue weighted by Gasteiger charge is -2.34. The van der Waals surface area contributed by atoms with Crippen LogP contribution in [0.3, 0.4) is 0 Å². The number of benzene rings is 2. The molecule has 4 rings (SSSR count). The summed E-state index contributed by atoms with van der Waals surface area (Å²) in [5.74, 6) is -2.49. The van der Waals surface area contributed by atoms with Crippen LogP contribution in [0.5, 0.6) is 0 Å². The summed E-state index contributed by atoms with van der Waals surface area (Å²) in [5, 5.41) is 2.85. The smallest absolute Gasteiger partial charge is 0.273 e. The molecule has 0 radical (unpaired) electrons. The van der Waals surface area contributed by atoms with Crippen molar-refractivity contribution >= 4 is 46.7 Å². The first-order chi connectivity index (χ1) is 15.7. The van der Waals surface area contributed by atoms with Crippen molar-refractivity contribution in [2.45, 2.75) is 39.2 Å². The van der Waals surface area contributed by atoms with Gasteiger partial charge in [-0.15, -0.1) is 0 Å². The first kappa shape index (κ1) is 23.5. The molecule has 33 heavy (non-hydrogen) atoms. The largest absolute Gasteiger partial charge is 0.292 e. The SMILES string of the molecule is C[C@@H]1CC[C@@H]2C(=O)N(N(C(=O)c3ccc(Cl)cc3)[C@@H](C)C(=O)c3ccc(Cl)cc3)C(=O)[C@@H]2C1. The number of fused-ring (bicyclic) bond motifs is 1. The Morgan fingerprint density at radius 2 is 1.39 bits per heavy atom. The Morgan fingerprint density at radius 3 is 1.97 bits per heavy atom. The molecule has 4 atom stereocenters. The Kier molecular flexibility index (Phi) is 6.59. The molecule has 2 aromatic rings. The molecule has 1 aliphatic heterocycles. The first-order valence-corrected chi connectivity index (χ1v) is 11.7. The van der Waals surface area contributed by atoms with Crippen LogP contribution in [0, 0.1) is 17.8 Å². The zero-order valence-corrected chi connectivity index (χ0v) is 19.8. The number of hydrogen-bond donors (Lipinski definition) is 0. The van der Waals surface area contributed by atoms with E-state index in [0.717, 1.165) is 16.4 Å². The zero-order valence-electron chi connectivity index (χ0n) is 18.3. The molecular formula is C25H24Cl2N2O4. The van der Waals surface area contributed by atoms with Crippen molar-refractivity contribution in [3.8, 4) is 0 Å². The molecular weight excluding hydrogens is 463 g/mol.